The topological polar surface area (TPSA) is 9.23 Å². The third-order valence-corrected chi connectivity index (χ3v) is 3.33. The van der Waals surface area contributed by atoms with Crippen LogP contribution in [0.4, 0.5) is 12.9 Å². The van der Waals surface area contributed by atoms with E-state index in [0.717, 1.165) is 19.3 Å². The van der Waals surface area contributed by atoms with Crippen molar-refractivity contribution < 1.29 is 69.1 Å². The van der Waals surface area contributed by atoms with Gasteiger partial charge in [0.15, 0.2) is 0 Å². The van der Waals surface area contributed by atoms with Gasteiger partial charge in [0, 0.05) is 6.61 Å². The van der Waals surface area contributed by atoms with Crippen molar-refractivity contribution in [2.45, 2.75) is 43.5 Å². The average molecular weight is 232 g/mol. The van der Waals surface area contributed by atoms with Crippen molar-refractivity contribution in [3.63, 3.8) is 0 Å². The molecular formula is C8H13BF3KO. The molecule has 1 aliphatic carbocycles. The molecule has 0 aromatic rings. The molecule has 0 N–H and O–H groups in total. The van der Waals surface area contributed by atoms with Crippen LogP contribution in [0.5, 0.6) is 0 Å². The summed E-state index contributed by atoms with van der Waals surface area (Å²) in [5.74, 6) is -1.06. The van der Waals surface area contributed by atoms with Crippen molar-refractivity contribution in [1.82, 2.24) is 0 Å². The summed E-state index contributed by atoms with van der Waals surface area (Å²) in [6.07, 6.45) is 3.07. The molecule has 0 aromatic carbocycles. The van der Waals surface area contributed by atoms with Gasteiger partial charge in [0.25, 0.3) is 0 Å². The number of rotatable bonds is 1. The van der Waals surface area contributed by atoms with Gasteiger partial charge in [-0.25, -0.2) is 0 Å². The Kier molecular flexibility index (Phi) is 4.59. The quantitative estimate of drug-likeness (QED) is 0.575. The van der Waals surface area contributed by atoms with Crippen LogP contribution in [0.3, 0.4) is 0 Å². The Balaban J connectivity index is 0.000000980. The second-order valence-electron chi connectivity index (χ2n) is 4.26. The van der Waals surface area contributed by atoms with Crippen LogP contribution in [0.15, 0.2) is 0 Å². The number of hydrogen-bond donors (Lipinski definition) is 0. The van der Waals surface area contributed by atoms with Gasteiger partial charge in [-0.1, -0.05) is 12.2 Å². The third-order valence-electron chi connectivity index (χ3n) is 3.33. The van der Waals surface area contributed by atoms with Gasteiger partial charge < -0.3 is 17.7 Å². The number of ether oxygens (including phenoxy) is 1. The first-order valence-electron chi connectivity index (χ1n) is 4.86. The first-order chi connectivity index (χ1) is 6.02. The summed E-state index contributed by atoms with van der Waals surface area (Å²) in [4.78, 5) is 0. The van der Waals surface area contributed by atoms with Crippen molar-refractivity contribution in [3.05, 3.63) is 0 Å². The molecule has 0 amide bonds. The molecule has 2 aliphatic rings. The van der Waals surface area contributed by atoms with Crippen LogP contribution in [0.1, 0.15) is 32.1 Å². The van der Waals surface area contributed by atoms with Gasteiger partial charge in [-0.15, -0.1) is 0 Å². The van der Waals surface area contributed by atoms with E-state index in [4.69, 9.17) is 4.74 Å². The fourth-order valence-corrected chi connectivity index (χ4v) is 2.31. The molecule has 1 nitrogen and oxygen atoms in total. The molecule has 0 aromatic heterocycles. The van der Waals surface area contributed by atoms with Crippen LogP contribution in [-0.2, 0) is 4.74 Å². The van der Waals surface area contributed by atoms with Gasteiger partial charge in [-0.2, -0.15) is 0 Å². The first kappa shape index (κ1) is 13.5. The minimum atomic E-state index is -4.65. The molecule has 1 saturated carbocycles. The Morgan fingerprint density at radius 2 is 1.86 bits per heavy atom. The maximum absolute atomic E-state index is 12.5. The summed E-state index contributed by atoms with van der Waals surface area (Å²) in [5, 5.41) is 0. The molecule has 6 heteroatoms. The Bertz CT molecular complexity index is 205. The molecule has 76 valence electrons. The predicted octanol–water partition coefficient (Wildman–Crippen LogP) is -0.0589. The smallest absolute Gasteiger partial charge is 0.449 e. The Hall–Kier alpha value is 1.45. The van der Waals surface area contributed by atoms with E-state index >= 15 is 0 Å². The van der Waals surface area contributed by atoms with Crippen molar-refractivity contribution >= 4 is 6.98 Å². The van der Waals surface area contributed by atoms with E-state index in [1.54, 1.807) is 0 Å². The van der Waals surface area contributed by atoms with Crippen molar-refractivity contribution in [2.75, 3.05) is 6.61 Å². The molecule has 2 fully saturated rings. The molecule has 2 rings (SSSR count). The van der Waals surface area contributed by atoms with E-state index in [1.165, 1.54) is 0 Å². The minimum Gasteiger partial charge on any atom is -0.449 e. The number of halogens is 3. The van der Waals surface area contributed by atoms with E-state index in [2.05, 4.69) is 0 Å². The minimum absolute atomic E-state index is 0. The first-order valence-corrected chi connectivity index (χ1v) is 4.86. The second-order valence-corrected chi connectivity index (χ2v) is 4.26. The summed E-state index contributed by atoms with van der Waals surface area (Å²) in [6.45, 7) is -4.35. The van der Waals surface area contributed by atoms with Gasteiger partial charge in [0.05, 0.1) is 5.60 Å². The maximum atomic E-state index is 12.5. The molecule has 0 radical (unpaired) electrons. The zero-order chi connectivity index (χ0) is 9.53. The molecular weight excluding hydrogens is 219 g/mol. The van der Waals surface area contributed by atoms with Crippen LogP contribution in [0.2, 0.25) is 5.82 Å². The summed E-state index contributed by atoms with van der Waals surface area (Å²) in [5.41, 5.74) is -0.375. The van der Waals surface area contributed by atoms with Gasteiger partial charge in [-0.3, -0.25) is 0 Å². The summed E-state index contributed by atoms with van der Waals surface area (Å²) in [6, 6.07) is 0. The summed E-state index contributed by atoms with van der Waals surface area (Å²) < 4.78 is 42.8. The predicted molar refractivity (Wildman–Crippen MR) is 44.6 cm³/mol. The van der Waals surface area contributed by atoms with E-state index in [0.29, 0.717) is 6.61 Å². The van der Waals surface area contributed by atoms with Gasteiger partial charge in [0.2, 0.25) is 0 Å². The van der Waals surface area contributed by atoms with E-state index in [1.807, 2.05) is 0 Å². The zero-order valence-corrected chi connectivity index (χ0v) is 11.6. The molecule has 14 heavy (non-hydrogen) atoms. The fourth-order valence-electron chi connectivity index (χ4n) is 2.31. The van der Waals surface area contributed by atoms with Crippen LogP contribution in [0, 0.1) is 0 Å². The molecule has 0 bridgehead atoms. The molecule has 1 unspecified atom stereocenters. The van der Waals surface area contributed by atoms with Crippen LogP contribution in [0.25, 0.3) is 0 Å². The van der Waals surface area contributed by atoms with Gasteiger partial charge >= 0.3 is 58.4 Å². The zero-order valence-electron chi connectivity index (χ0n) is 8.44. The molecule has 1 atom stereocenters. The van der Waals surface area contributed by atoms with Crippen LogP contribution < -0.4 is 51.4 Å². The molecule has 1 aliphatic heterocycles. The normalized spacial score (nSPS) is 30.6. The molecule has 1 saturated heterocycles. The molecule has 1 heterocycles. The van der Waals surface area contributed by atoms with E-state index < -0.39 is 12.8 Å². The Labute approximate surface area is 125 Å². The standard InChI is InChI=1S/C8H13BF3O.K/c10-9(11,12)7-2-5-13-8(6-7)3-1-4-8;/h7H,1-6H2;/q-1;+1. The van der Waals surface area contributed by atoms with Crippen LogP contribution in [-0.4, -0.2) is 19.2 Å². The monoisotopic (exact) mass is 232 g/mol. The van der Waals surface area contributed by atoms with Gasteiger partial charge in [0.1, 0.15) is 0 Å². The van der Waals surface area contributed by atoms with Crippen LogP contribution >= 0.6 is 0 Å². The fraction of sp³-hybridized carbons (Fsp3) is 1.00. The SMILES string of the molecule is F[B-](F)(F)C1CCOC2(CCC2)C1.[K+]. The maximum Gasteiger partial charge on any atom is 1.00 e. The Morgan fingerprint density at radius 3 is 2.29 bits per heavy atom. The van der Waals surface area contributed by atoms with Crippen molar-refractivity contribution in [2.24, 2.45) is 0 Å². The second kappa shape index (κ2) is 4.75. The Morgan fingerprint density at radius 1 is 1.21 bits per heavy atom. The van der Waals surface area contributed by atoms with Crippen molar-refractivity contribution in [3.8, 4) is 0 Å². The van der Waals surface area contributed by atoms with E-state index in [9.17, 15) is 12.9 Å². The number of hydrogen-bond acceptors (Lipinski definition) is 1. The van der Waals surface area contributed by atoms with Gasteiger partial charge in [-0.05, 0) is 25.7 Å². The average Bonchev–Trinajstić information content (AvgIpc) is 2.00. The summed E-state index contributed by atoms with van der Waals surface area (Å²) in [7, 11) is 0. The van der Waals surface area contributed by atoms with Crippen molar-refractivity contribution in [1.29, 1.82) is 0 Å². The largest absolute Gasteiger partial charge is 1.00 e. The molecule has 1 spiro atoms. The summed E-state index contributed by atoms with van der Waals surface area (Å²) >= 11 is 0. The third kappa shape index (κ3) is 2.77. The van der Waals surface area contributed by atoms with E-state index in [-0.39, 0.29) is 69.8 Å².